The number of rotatable bonds is 11. The monoisotopic (exact) mass is 566 g/mol. The Morgan fingerprint density at radius 1 is 0.810 bits per heavy atom. The molecule has 1 aliphatic heterocycles. The molecule has 4 aromatic carbocycles. The van der Waals surface area contributed by atoms with Crippen LogP contribution in [0, 0.1) is 0 Å². The third-order valence-electron chi connectivity index (χ3n) is 7.17. The van der Waals surface area contributed by atoms with Gasteiger partial charge in [0, 0.05) is 13.1 Å². The van der Waals surface area contributed by atoms with Gasteiger partial charge in [0.05, 0.1) is 14.2 Å². The van der Waals surface area contributed by atoms with Crippen molar-refractivity contribution in [1.29, 1.82) is 0 Å². The van der Waals surface area contributed by atoms with Crippen molar-refractivity contribution < 1.29 is 28.5 Å². The lowest BCUT2D eigenvalue weighted by atomic mass is 10.0. The molecule has 4 aromatic rings. The third-order valence-corrected chi connectivity index (χ3v) is 7.17. The minimum Gasteiger partial charge on any atom is -0.497 e. The normalized spacial score (nSPS) is 14.4. The van der Waals surface area contributed by atoms with Crippen molar-refractivity contribution in [2.45, 2.75) is 25.1 Å². The van der Waals surface area contributed by atoms with Crippen molar-refractivity contribution in [3.05, 3.63) is 120 Å². The van der Waals surface area contributed by atoms with Crippen LogP contribution in [0.4, 0.5) is 0 Å². The minimum absolute atomic E-state index is 0.0421. The Balaban J connectivity index is 1.45. The van der Waals surface area contributed by atoms with Gasteiger partial charge in [0.2, 0.25) is 12.0 Å². The van der Waals surface area contributed by atoms with E-state index >= 15 is 0 Å². The van der Waals surface area contributed by atoms with Gasteiger partial charge in [0.1, 0.15) is 24.1 Å². The van der Waals surface area contributed by atoms with Gasteiger partial charge in [-0.15, -0.1) is 0 Å². The fourth-order valence-electron chi connectivity index (χ4n) is 4.88. The topological polar surface area (TPSA) is 86.3 Å². The molecule has 1 heterocycles. The average molecular weight is 567 g/mol. The number of nitrogens with zero attached hydrogens (tertiary/aromatic N) is 1. The highest BCUT2D eigenvalue weighted by Crippen LogP contribution is 2.33. The molecule has 0 saturated heterocycles. The Morgan fingerprint density at radius 3 is 2.10 bits per heavy atom. The fraction of sp³-hybridized carbons (Fsp3) is 0.235. The Kier molecular flexibility index (Phi) is 9.23. The Bertz CT molecular complexity index is 1470. The molecule has 0 bridgehead atoms. The second-order valence-electron chi connectivity index (χ2n) is 9.87. The van der Waals surface area contributed by atoms with Crippen molar-refractivity contribution >= 4 is 11.8 Å². The van der Waals surface area contributed by atoms with Crippen LogP contribution in [0.2, 0.25) is 0 Å². The van der Waals surface area contributed by atoms with Crippen molar-refractivity contribution in [3.8, 4) is 23.0 Å². The molecule has 0 aromatic heterocycles. The number of carbonyl (C=O) groups excluding carboxylic acids is 2. The number of hydrogen-bond donors (Lipinski definition) is 1. The molecule has 0 spiro atoms. The van der Waals surface area contributed by atoms with Crippen LogP contribution in [0.1, 0.15) is 22.7 Å². The van der Waals surface area contributed by atoms with Crippen LogP contribution in [0.5, 0.6) is 23.0 Å². The maximum Gasteiger partial charge on any atom is 0.268 e. The quantitative estimate of drug-likeness (QED) is 0.276. The van der Waals surface area contributed by atoms with Crippen LogP contribution in [-0.2, 0) is 22.6 Å². The molecule has 0 radical (unpaired) electrons. The van der Waals surface area contributed by atoms with E-state index in [2.05, 4.69) is 5.32 Å². The summed E-state index contributed by atoms with van der Waals surface area (Å²) in [7, 11) is 3.19. The maximum atomic E-state index is 14.2. The molecule has 0 unspecified atom stereocenters. The highest BCUT2D eigenvalue weighted by atomic mass is 16.6. The smallest absolute Gasteiger partial charge is 0.268 e. The molecule has 1 aliphatic rings. The zero-order chi connectivity index (χ0) is 29.3. The van der Waals surface area contributed by atoms with Crippen LogP contribution in [0.25, 0.3) is 0 Å². The largest absolute Gasteiger partial charge is 0.497 e. The predicted molar refractivity (Wildman–Crippen MR) is 159 cm³/mol. The van der Waals surface area contributed by atoms with E-state index in [1.165, 1.54) is 0 Å². The first kappa shape index (κ1) is 28.5. The summed E-state index contributed by atoms with van der Waals surface area (Å²) in [5.41, 5.74) is 2.61. The van der Waals surface area contributed by atoms with Gasteiger partial charge in [-0.3, -0.25) is 9.59 Å². The lowest BCUT2D eigenvalue weighted by Gasteiger charge is -2.35. The zero-order valence-electron chi connectivity index (χ0n) is 23.7. The summed E-state index contributed by atoms with van der Waals surface area (Å²) < 4.78 is 22.6. The third kappa shape index (κ3) is 6.83. The van der Waals surface area contributed by atoms with Crippen molar-refractivity contribution in [1.82, 2.24) is 10.2 Å². The lowest BCUT2D eigenvalue weighted by molar-refractivity contribution is -0.148. The molecule has 8 nitrogen and oxygen atoms in total. The highest BCUT2D eigenvalue weighted by molar-refractivity contribution is 5.90. The second-order valence-corrected chi connectivity index (χ2v) is 9.87. The Hall–Kier alpha value is -4.98. The van der Waals surface area contributed by atoms with Gasteiger partial charge in [-0.05, 0) is 59.5 Å². The first-order valence-electron chi connectivity index (χ1n) is 13.8. The van der Waals surface area contributed by atoms with Gasteiger partial charge < -0.3 is 29.2 Å². The number of carbonyl (C=O) groups is 2. The molecule has 0 aliphatic carbocycles. The number of ether oxygens (including phenoxy) is 4. The summed E-state index contributed by atoms with van der Waals surface area (Å²) in [6.07, 6.45) is -0.361. The number of nitrogens with one attached hydrogen (secondary N) is 1. The highest BCUT2D eigenvalue weighted by Gasteiger charge is 2.38. The molecule has 1 N–H and O–H groups in total. The zero-order valence-corrected chi connectivity index (χ0v) is 23.7. The number of methoxy groups -OCH3 is 2. The predicted octanol–water partition coefficient (Wildman–Crippen LogP) is 4.97. The van der Waals surface area contributed by atoms with E-state index in [0.29, 0.717) is 29.2 Å². The van der Waals surface area contributed by atoms with Crippen LogP contribution < -0.4 is 24.3 Å². The van der Waals surface area contributed by atoms with Crippen LogP contribution in [-0.4, -0.2) is 50.2 Å². The first-order valence-corrected chi connectivity index (χ1v) is 13.8. The molecule has 0 fully saturated rings. The maximum absolute atomic E-state index is 14.2. The molecule has 2 atom stereocenters. The van der Waals surface area contributed by atoms with Crippen molar-refractivity contribution in [2.24, 2.45) is 0 Å². The number of benzene rings is 4. The molecule has 2 amide bonds. The summed E-state index contributed by atoms with van der Waals surface area (Å²) >= 11 is 0. The standard InChI is InChI=1S/C34H34N2O6/c1-39-27-16-12-25(13-17-27)22-35-33(37)32(26-14-18-28(40-2)19-15-26)36(21-20-24-8-4-3-5-9-24)34(38)31-23-41-29-10-6-7-11-30(29)42-31/h3-19,31-32H,20-23H2,1-2H3,(H,35,37)/t31-,32+/m0/s1. The summed E-state index contributed by atoms with van der Waals surface area (Å²) in [6.45, 7) is 0.615. The van der Waals surface area contributed by atoms with Gasteiger partial charge in [-0.25, -0.2) is 0 Å². The molecule has 5 rings (SSSR count). The molecular weight excluding hydrogens is 532 g/mol. The summed E-state index contributed by atoms with van der Waals surface area (Å²) in [5, 5.41) is 3.04. The number of fused-ring (bicyclic) bond motifs is 1. The van der Waals surface area contributed by atoms with E-state index in [4.69, 9.17) is 18.9 Å². The van der Waals surface area contributed by atoms with Gasteiger partial charge in [-0.2, -0.15) is 0 Å². The Labute approximate surface area is 245 Å². The van der Waals surface area contributed by atoms with E-state index in [9.17, 15) is 9.59 Å². The van der Waals surface area contributed by atoms with E-state index in [1.807, 2.05) is 78.9 Å². The molecule has 216 valence electrons. The van der Waals surface area contributed by atoms with Crippen molar-refractivity contribution in [3.63, 3.8) is 0 Å². The minimum atomic E-state index is -0.925. The summed E-state index contributed by atoms with van der Waals surface area (Å²) in [5.74, 6) is 1.82. The second kappa shape index (κ2) is 13.6. The Morgan fingerprint density at radius 2 is 1.43 bits per heavy atom. The van der Waals surface area contributed by atoms with Gasteiger partial charge in [0.25, 0.3) is 5.91 Å². The van der Waals surface area contributed by atoms with Crippen LogP contribution >= 0.6 is 0 Å². The SMILES string of the molecule is COc1ccc(CNC(=O)[C@@H](c2ccc(OC)cc2)N(CCc2ccccc2)C(=O)[C@@H]2COc3ccccc3O2)cc1. The number of amides is 2. The van der Waals surface area contributed by atoms with Crippen LogP contribution in [0.15, 0.2) is 103 Å². The first-order chi connectivity index (χ1) is 20.6. The number of para-hydroxylation sites is 2. The summed E-state index contributed by atoms with van der Waals surface area (Å²) in [4.78, 5) is 29.8. The fourth-order valence-corrected chi connectivity index (χ4v) is 4.88. The van der Waals surface area contributed by atoms with Gasteiger partial charge in [0.15, 0.2) is 11.5 Å². The van der Waals surface area contributed by atoms with Gasteiger partial charge >= 0.3 is 0 Å². The van der Waals surface area contributed by atoms with Gasteiger partial charge in [-0.1, -0.05) is 66.7 Å². The van der Waals surface area contributed by atoms with E-state index in [1.54, 1.807) is 43.4 Å². The van der Waals surface area contributed by atoms with Crippen LogP contribution in [0.3, 0.4) is 0 Å². The summed E-state index contributed by atoms with van der Waals surface area (Å²) in [6, 6.07) is 30.9. The molecular formula is C34H34N2O6. The van der Waals surface area contributed by atoms with Crippen molar-refractivity contribution in [2.75, 3.05) is 27.4 Å². The number of hydrogen-bond acceptors (Lipinski definition) is 6. The lowest BCUT2D eigenvalue weighted by Crippen LogP contribution is -2.51. The molecule has 42 heavy (non-hydrogen) atoms. The van der Waals surface area contributed by atoms with E-state index in [0.717, 1.165) is 16.9 Å². The molecule has 0 saturated carbocycles. The molecule has 8 heteroatoms. The van der Waals surface area contributed by atoms with E-state index < -0.39 is 12.1 Å². The average Bonchev–Trinajstić information content (AvgIpc) is 3.05. The van der Waals surface area contributed by atoms with E-state index in [-0.39, 0.29) is 31.5 Å².